The maximum atomic E-state index is 13.2. The third-order valence-corrected chi connectivity index (χ3v) is 2.23. The van der Waals surface area contributed by atoms with Crippen molar-refractivity contribution >= 4 is 0 Å². The quantitative estimate of drug-likeness (QED) is 0.709. The minimum absolute atomic E-state index is 0.0861. The number of rotatable bonds is 4. The van der Waals surface area contributed by atoms with Gasteiger partial charge in [-0.1, -0.05) is 12.1 Å². The summed E-state index contributed by atoms with van der Waals surface area (Å²) in [6.45, 7) is 2.63. The highest BCUT2D eigenvalue weighted by Gasteiger charge is 2.03. The molecule has 0 saturated carbocycles. The molecule has 1 aromatic rings. The summed E-state index contributed by atoms with van der Waals surface area (Å²) < 4.78 is 13.2. The van der Waals surface area contributed by atoms with Crippen LogP contribution in [0.3, 0.4) is 0 Å². The van der Waals surface area contributed by atoms with E-state index >= 15 is 0 Å². The van der Waals surface area contributed by atoms with E-state index in [2.05, 4.69) is 0 Å². The van der Waals surface area contributed by atoms with E-state index in [0.717, 1.165) is 30.4 Å². The van der Waals surface area contributed by atoms with E-state index in [1.54, 1.807) is 6.07 Å². The molecule has 0 radical (unpaired) electrons. The predicted molar refractivity (Wildman–Crippen MR) is 53.1 cm³/mol. The summed E-state index contributed by atoms with van der Waals surface area (Å²) in [5, 5.41) is 0. The first-order valence-corrected chi connectivity index (χ1v) is 4.69. The van der Waals surface area contributed by atoms with Gasteiger partial charge < -0.3 is 5.73 Å². The lowest BCUT2D eigenvalue weighted by Gasteiger charge is -2.05. The fraction of sp³-hybridized carbons (Fsp3) is 0.455. The third kappa shape index (κ3) is 2.81. The van der Waals surface area contributed by atoms with Gasteiger partial charge in [-0.25, -0.2) is 4.39 Å². The van der Waals surface area contributed by atoms with Crippen LogP contribution in [0.25, 0.3) is 0 Å². The molecule has 0 aliphatic rings. The molecule has 0 aliphatic carbocycles. The van der Waals surface area contributed by atoms with Gasteiger partial charge in [0.2, 0.25) is 0 Å². The molecule has 2 N–H and O–H groups in total. The van der Waals surface area contributed by atoms with Crippen molar-refractivity contribution in [3.05, 3.63) is 35.1 Å². The molecule has 0 aromatic heterocycles. The van der Waals surface area contributed by atoms with Crippen LogP contribution in [-0.4, -0.2) is 6.54 Å². The van der Waals surface area contributed by atoms with E-state index in [-0.39, 0.29) is 5.82 Å². The topological polar surface area (TPSA) is 26.0 Å². The fourth-order valence-corrected chi connectivity index (χ4v) is 1.43. The predicted octanol–water partition coefficient (Wildman–Crippen LogP) is 2.42. The minimum Gasteiger partial charge on any atom is -0.330 e. The molecule has 13 heavy (non-hydrogen) atoms. The Morgan fingerprint density at radius 2 is 2.08 bits per heavy atom. The molecule has 2 heteroatoms. The van der Waals surface area contributed by atoms with Crippen LogP contribution in [0, 0.1) is 12.7 Å². The number of benzene rings is 1. The SMILES string of the molecule is Cc1cccc(F)c1CCCCN. The van der Waals surface area contributed by atoms with Gasteiger partial charge in [-0.15, -0.1) is 0 Å². The second-order valence-electron chi connectivity index (χ2n) is 3.28. The zero-order valence-corrected chi connectivity index (χ0v) is 8.02. The van der Waals surface area contributed by atoms with Gasteiger partial charge >= 0.3 is 0 Å². The fourth-order valence-electron chi connectivity index (χ4n) is 1.43. The molecule has 1 rings (SSSR count). The van der Waals surface area contributed by atoms with Crippen molar-refractivity contribution in [2.24, 2.45) is 5.73 Å². The number of hydrogen-bond donors (Lipinski definition) is 1. The van der Waals surface area contributed by atoms with Gasteiger partial charge in [0.1, 0.15) is 5.82 Å². The van der Waals surface area contributed by atoms with Crippen LogP contribution in [-0.2, 0) is 6.42 Å². The second kappa shape index (κ2) is 4.97. The molecule has 0 bridgehead atoms. The van der Waals surface area contributed by atoms with E-state index in [1.807, 2.05) is 13.0 Å². The first-order valence-electron chi connectivity index (χ1n) is 4.69. The highest BCUT2D eigenvalue weighted by atomic mass is 19.1. The molecule has 0 heterocycles. The van der Waals surface area contributed by atoms with Crippen molar-refractivity contribution in [1.82, 2.24) is 0 Å². The van der Waals surface area contributed by atoms with E-state index in [9.17, 15) is 4.39 Å². The summed E-state index contributed by atoms with van der Waals surface area (Å²) >= 11 is 0. The summed E-state index contributed by atoms with van der Waals surface area (Å²) in [4.78, 5) is 0. The monoisotopic (exact) mass is 181 g/mol. The Morgan fingerprint density at radius 1 is 1.31 bits per heavy atom. The normalized spacial score (nSPS) is 10.4. The van der Waals surface area contributed by atoms with Crippen molar-refractivity contribution in [1.29, 1.82) is 0 Å². The molecular weight excluding hydrogens is 165 g/mol. The molecule has 0 spiro atoms. The lowest BCUT2D eigenvalue weighted by Crippen LogP contribution is -2.01. The maximum absolute atomic E-state index is 13.2. The van der Waals surface area contributed by atoms with Gasteiger partial charge in [0.15, 0.2) is 0 Å². The molecule has 0 saturated heterocycles. The van der Waals surface area contributed by atoms with Gasteiger partial charge in [0, 0.05) is 0 Å². The van der Waals surface area contributed by atoms with Crippen LogP contribution in [0.15, 0.2) is 18.2 Å². The highest BCUT2D eigenvalue weighted by molar-refractivity contribution is 5.27. The van der Waals surface area contributed by atoms with Crippen LogP contribution in [0.5, 0.6) is 0 Å². The smallest absolute Gasteiger partial charge is 0.126 e. The van der Waals surface area contributed by atoms with Crippen molar-refractivity contribution in [3.8, 4) is 0 Å². The lowest BCUT2D eigenvalue weighted by atomic mass is 10.0. The number of unbranched alkanes of at least 4 members (excludes halogenated alkanes) is 1. The van der Waals surface area contributed by atoms with Crippen molar-refractivity contribution in [2.75, 3.05) is 6.54 Å². The average Bonchev–Trinajstić information content (AvgIpc) is 2.10. The molecule has 1 nitrogen and oxygen atoms in total. The summed E-state index contributed by atoms with van der Waals surface area (Å²) in [5.74, 6) is -0.0861. The third-order valence-electron chi connectivity index (χ3n) is 2.23. The summed E-state index contributed by atoms with van der Waals surface area (Å²) in [5.41, 5.74) is 7.26. The number of halogens is 1. The van der Waals surface area contributed by atoms with Crippen molar-refractivity contribution in [2.45, 2.75) is 26.2 Å². The highest BCUT2D eigenvalue weighted by Crippen LogP contribution is 2.14. The molecule has 1 aromatic carbocycles. The largest absolute Gasteiger partial charge is 0.330 e. The van der Waals surface area contributed by atoms with Crippen LogP contribution < -0.4 is 5.73 Å². The summed E-state index contributed by atoms with van der Waals surface area (Å²) in [6, 6.07) is 5.21. The van der Waals surface area contributed by atoms with Crippen molar-refractivity contribution < 1.29 is 4.39 Å². The Kier molecular flexibility index (Phi) is 3.90. The standard InChI is InChI=1S/C11H16FN/c1-9-5-4-7-11(12)10(9)6-2-3-8-13/h4-5,7H,2-3,6,8,13H2,1H3. The van der Waals surface area contributed by atoms with Gasteiger partial charge in [0.05, 0.1) is 0 Å². The zero-order valence-electron chi connectivity index (χ0n) is 8.02. The molecule has 0 atom stereocenters. The van der Waals surface area contributed by atoms with Gasteiger partial charge in [-0.05, 0) is 49.9 Å². The Hall–Kier alpha value is -0.890. The molecular formula is C11H16FN. The second-order valence-corrected chi connectivity index (χ2v) is 3.28. The molecule has 0 aliphatic heterocycles. The number of aryl methyl sites for hydroxylation is 1. The van der Waals surface area contributed by atoms with Crippen LogP contribution in [0.1, 0.15) is 24.0 Å². The summed E-state index contributed by atoms with van der Waals surface area (Å²) in [6.07, 6.45) is 2.74. The molecule has 0 amide bonds. The lowest BCUT2D eigenvalue weighted by molar-refractivity contribution is 0.598. The van der Waals surface area contributed by atoms with Crippen LogP contribution >= 0.6 is 0 Å². The van der Waals surface area contributed by atoms with Crippen LogP contribution in [0.2, 0.25) is 0 Å². The number of hydrogen-bond acceptors (Lipinski definition) is 1. The molecule has 0 fully saturated rings. The maximum Gasteiger partial charge on any atom is 0.126 e. The average molecular weight is 181 g/mol. The minimum atomic E-state index is -0.0861. The van der Waals surface area contributed by atoms with Crippen molar-refractivity contribution in [3.63, 3.8) is 0 Å². The van der Waals surface area contributed by atoms with Gasteiger partial charge in [0.25, 0.3) is 0 Å². The van der Waals surface area contributed by atoms with Gasteiger partial charge in [-0.3, -0.25) is 0 Å². The van der Waals surface area contributed by atoms with Gasteiger partial charge in [-0.2, -0.15) is 0 Å². The Morgan fingerprint density at radius 3 is 2.69 bits per heavy atom. The first kappa shape index (κ1) is 10.2. The Balaban J connectivity index is 2.64. The first-order chi connectivity index (χ1) is 6.25. The Labute approximate surface area is 78.8 Å². The number of nitrogens with two attached hydrogens (primary N) is 1. The zero-order chi connectivity index (χ0) is 9.68. The Bertz CT molecular complexity index is 251. The molecule has 0 unspecified atom stereocenters. The van der Waals surface area contributed by atoms with E-state index in [1.165, 1.54) is 6.07 Å². The van der Waals surface area contributed by atoms with E-state index < -0.39 is 0 Å². The summed E-state index contributed by atoms with van der Waals surface area (Å²) in [7, 11) is 0. The molecule has 72 valence electrons. The van der Waals surface area contributed by atoms with E-state index in [0.29, 0.717) is 6.54 Å². The van der Waals surface area contributed by atoms with E-state index in [4.69, 9.17) is 5.73 Å². The van der Waals surface area contributed by atoms with Crippen LogP contribution in [0.4, 0.5) is 4.39 Å².